The molecular weight excluding hydrogens is 292 g/mol. The largest absolute Gasteiger partial charge is 0.492 e. The van der Waals surface area contributed by atoms with Gasteiger partial charge in [0.2, 0.25) is 0 Å². The first-order valence-electron chi connectivity index (χ1n) is 7.73. The van der Waals surface area contributed by atoms with E-state index < -0.39 is 5.91 Å². The van der Waals surface area contributed by atoms with E-state index in [1.807, 2.05) is 42.5 Å². The molecule has 3 rings (SSSR count). The van der Waals surface area contributed by atoms with Crippen LogP contribution < -0.4 is 10.2 Å². The van der Waals surface area contributed by atoms with Crippen molar-refractivity contribution in [2.75, 3.05) is 19.7 Å². The van der Waals surface area contributed by atoms with Crippen molar-refractivity contribution < 1.29 is 14.7 Å². The zero-order valence-corrected chi connectivity index (χ0v) is 12.9. The molecule has 23 heavy (non-hydrogen) atoms. The number of para-hydroxylation sites is 1. The molecule has 0 saturated carbocycles. The molecule has 0 fully saturated rings. The van der Waals surface area contributed by atoms with Gasteiger partial charge in [-0.05, 0) is 41.8 Å². The smallest absolute Gasteiger partial charge is 0.274 e. The van der Waals surface area contributed by atoms with Crippen molar-refractivity contribution in [3.63, 3.8) is 0 Å². The van der Waals surface area contributed by atoms with Gasteiger partial charge in [-0.3, -0.25) is 14.9 Å². The molecule has 1 aliphatic rings. The Kier molecular flexibility index (Phi) is 4.90. The number of hydrogen-bond acceptors (Lipinski definition) is 4. The van der Waals surface area contributed by atoms with Crippen LogP contribution in [0, 0.1) is 0 Å². The van der Waals surface area contributed by atoms with Crippen LogP contribution in [0.3, 0.4) is 0 Å². The molecule has 120 valence electrons. The van der Waals surface area contributed by atoms with E-state index >= 15 is 0 Å². The molecule has 0 atom stereocenters. The zero-order chi connectivity index (χ0) is 16.1. The van der Waals surface area contributed by atoms with Gasteiger partial charge in [0.15, 0.2) is 0 Å². The topological polar surface area (TPSA) is 61.8 Å². The van der Waals surface area contributed by atoms with Crippen molar-refractivity contribution in [3.8, 4) is 5.75 Å². The molecule has 5 heteroatoms. The van der Waals surface area contributed by atoms with Crippen molar-refractivity contribution in [1.29, 1.82) is 0 Å². The number of nitrogens with zero attached hydrogens (tertiary/aromatic N) is 1. The summed E-state index contributed by atoms with van der Waals surface area (Å²) in [5, 5.41) is 8.70. The van der Waals surface area contributed by atoms with Gasteiger partial charge in [0.05, 0.1) is 0 Å². The third-order valence-corrected chi connectivity index (χ3v) is 4.08. The molecule has 2 aromatic carbocycles. The number of carbonyl (C=O) groups is 1. The molecule has 0 unspecified atom stereocenters. The number of benzene rings is 2. The second kappa shape index (κ2) is 7.26. The van der Waals surface area contributed by atoms with E-state index in [2.05, 4.69) is 4.90 Å². The van der Waals surface area contributed by atoms with Crippen molar-refractivity contribution in [1.82, 2.24) is 10.4 Å². The first-order valence-corrected chi connectivity index (χ1v) is 7.73. The average molecular weight is 312 g/mol. The third kappa shape index (κ3) is 3.88. The van der Waals surface area contributed by atoms with Crippen molar-refractivity contribution in [2.45, 2.75) is 13.0 Å². The predicted molar refractivity (Wildman–Crippen MR) is 86.6 cm³/mol. The Morgan fingerprint density at radius 2 is 2.00 bits per heavy atom. The molecule has 0 spiro atoms. The van der Waals surface area contributed by atoms with Gasteiger partial charge < -0.3 is 4.74 Å². The van der Waals surface area contributed by atoms with E-state index in [9.17, 15) is 4.79 Å². The normalized spacial score (nSPS) is 14.1. The minimum atomic E-state index is -0.466. The lowest BCUT2D eigenvalue weighted by atomic mass is 9.97. The number of nitrogens with one attached hydrogen (secondary N) is 1. The number of fused-ring (bicyclic) bond motifs is 1. The van der Waals surface area contributed by atoms with Crippen molar-refractivity contribution in [3.05, 3.63) is 65.2 Å². The summed E-state index contributed by atoms with van der Waals surface area (Å²) in [5.74, 6) is 0.427. The van der Waals surface area contributed by atoms with Gasteiger partial charge in [0.1, 0.15) is 12.4 Å². The zero-order valence-electron chi connectivity index (χ0n) is 12.9. The second-order valence-corrected chi connectivity index (χ2v) is 5.61. The maximum Gasteiger partial charge on any atom is 0.274 e. The molecule has 1 heterocycles. The summed E-state index contributed by atoms with van der Waals surface area (Å²) in [6.45, 7) is 3.32. The second-order valence-electron chi connectivity index (χ2n) is 5.61. The van der Waals surface area contributed by atoms with Gasteiger partial charge in [-0.1, -0.05) is 24.3 Å². The van der Waals surface area contributed by atoms with Crippen LogP contribution in [0.15, 0.2) is 48.5 Å². The number of carbonyl (C=O) groups excluding carboxylic acids is 1. The Morgan fingerprint density at radius 3 is 2.78 bits per heavy atom. The number of hydroxylamine groups is 1. The number of hydrogen-bond donors (Lipinski definition) is 2. The number of amides is 1. The molecule has 1 amide bonds. The Morgan fingerprint density at radius 1 is 1.17 bits per heavy atom. The summed E-state index contributed by atoms with van der Waals surface area (Å²) in [5.41, 5.74) is 4.57. The molecule has 0 saturated heterocycles. The molecule has 0 aliphatic carbocycles. The molecule has 0 bridgehead atoms. The van der Waals surface area contributed by atoms with Crippen LogP contribution in [-0.4, -0.2) is 35.7 Å². The van der Waals surface area contributed by atoms with Crippen LogP contribution >= 0.6 is 0 Å². The first kappa shape index (κ1) is 15.5. The minimum absolute atomic E-state index is 0.466. The van der Waals surface area contributed by atoms with E-state index in [-0.39, 0.29) is 0 Å². The fourth-order valence-electron chi connectivity index (χ4n) is 2.82. The average Bonchev–Trinajstić information content (AvgIpc) is 2.61. The van der Waals surface area contributed by atoms with Crippen molar-refractivity contribution >= 4 is 5.91 Å². The van der Waals surface area contributed by atoms with Crippen LogP contribution in [0.1, 0.15) is 21.5 Å². The Balaban J connectivity index is 1.55. The molecule has 0 aromatic heterocycles. The van der Waals surface area contributed by atoms with Gasteiger partial charge in [-0.25, -0.2) is 5.48 Å². The lowest BCUT2D eigenvalue weighted by Gasteiger charge is -2.28. The minimum Gasteiger partial charge on any atom is -0.492 e. The summed E-state index contributed by atoms with van der Waals surface area (Å²) in [7, 11) is 0. The molecule has 1 aliphatic heterocycles. The Bertz CT molecular complexity index is 673. The van der Waals surface area contributed by atoms with E-state index in [1.54, 1.807) is 11.5 Å². The maximum atomic E-state index is 11.5. The fraction of sp³-hybridized carbons (Fsp3) is 0.278. The van der Waals surface area contributed by atoms with Gasteiger partial charge in [0.25, 0.3) is 5.91 Å². The molecule has 0 radical (unpaired) electrons. The summed E-state index contributed by atoms with van der Waals surface area (Å²) in [4.78, 5) is 13.8. The monoisotopic (exact) mass is 312 g/mol. The summed E-state index contributed by atoms with van der Waals surface area (Å²) < 4.78 is 5.74. The van der Waals surface area contributed by atoms with E-state index in [0.29, 0.717) is 12.2 Å². The predicted octanol–water partition coefficient (Wildman–Crippen LogP) is 2.24. The van der Waals surface area contributed by atoms with Gasteiger partial charge in [-0.2, -0.15) is 0 Å². The van der Waals surface area contributed by atoms with Gasteiger partial charge in [-0.15, -0.1) is 0 Å². The summed E-state index contributed by atoms with van der Waals surface area (Å²) in [6, 6.07) is 15.4. The lowest BCUT2D eigenvalue weighted by Crippen LogP contribution is -2.34. The highest BCUT2D eigenvalue weighted by Crippen LogP contribution is 2.20. The van der Waals surface area contributed by atoms with E-state index in [0.717, 1.165) is 31.8 Å². The highest BCUT2D eigenvalue weighted by molar-refractivity contribution is 5.93. The van der Waals surface area contributed by atoms with Crippen LogP contribution in [0.25, 0.3) is 0 Å². The Labute approximate surface area is 135 Å². The molecule has 2 aromatic rings. The summed E-state index contributed by atoms with van der Waals surface area (Å²) >= 11 is 0. The highest BCUT2D eigenvalue weighted by Gasteiger charge is 2.17. The first-order chi connectivity index (χ1) is 11.3. The lowest BCUT2D eigenvalue weighted by molar-refractivity contribution is 0.0706. The van der Waals surface area contributed by atoms with Crippen LogP contribution in [0.2, 0.25) is 0 Å². The van der Waals surface area contributed by atoms with Gasteiger partial charge in [0, 0.05) is 25.2 Å². The quantitative estimate of drug-likeness (QED) is 0.656. The molecule has 5 nitrogen and oxygen atoms in total. The van der Waals surface area contributed by atoms with Crippen LogP contribution in [-0.2, 0) is 13.0 Å². The Hall–Kier alpha value is -2.37. The number of ether oxygens (including phenoxy) is 1. The van der Waals surface area contributed by atoms with E-state index in [1.165, 1.54) is 11.1 Å². The van der Waals surface area contributed by atoms with Crippen LogP contribution in [0.5, 0.6) is 5.75 Å². The SMILES string of the molecule is O=C(NO)c1ccc2c(c1)CCN(CCOc1ccccc1)C2. The molecule has 2 N–H and O–H groups in total. The van der Waals surface area contributed by atoms with Crippen molar-refractivity contribution in [2.24, 2.45) is 0 Å². The fourth-order valence-corrected chi connectivity index (χ4v) is 2.82. The molecular formula is C18H20N2O3. The maximum absolute atomic E-state index is 11.5. The highest BCUT2D eigenvalue weighted by atomic mass is 16.5. The third-order valence-electron chi connectivity index (χ3n) is 4.08. The van der Waals surface area contributed by atoms with Gasteiger partial charge >= 0.3 is 0 Å². The standard InChI is InChI=1S/C18H20N2O3/c21-18(19-22)15-6-7-16-13-20(9-8-14(16)12-15)10-11-23-17-4-2-1-3-5-17/h1-7,12,22H,8-11,13H2,(H,19,21). The van der Waals surface area contributed by atoms with Crippen LogP contribution in [0.4, 0.5) is 0 Å². The number of rotatable bonds is 5. The summed E-state index contributed by atoms with van der Waals surface area (Å²) in [6.07, 6.45) is 0.896. The van der Waals surface area contributed by atoms with E-state index in [4.69, 9.17) is 9.94 Å².